The minimum atomic E-state index is -1.30. The largest absolute Gasteiger partial charge is 1.00 e. The SMILES string of the molecule is C=CCC(N)C(=C)C(=O)[O-].[Na+]. The summed E-state index contributed by atoms with van der Waals surface area (Å²) < 4.78 is 0. The van der Waals surface area contributed by atoms with Crippen LogP contribution in [0.5, 0.6) is 0 Å². The van der Waals surface area contributed by atoms with Crippen LogP contribution in [0.1, 0.15) is 6.42 Å². The molecule has 0 aromatic rings. The van der Waals surface area contributed by atoms with E-state index < -0.39 is 12.0 Å². The van der Waals surface area contributed by atoms with Gasteiger partial charge in [-0.25, -0.2) is 0 Å². The third kappa shape index (κ3) is 5.21. The first kappa shape index (κ1) is 13.5. The van der Waals surface area contributed by atoms with Crippen LogP contribution < -0.4 is 40.4 Å². The van der Waals surface area contributed by atoms with Crippen molar-refractivity contribution in [1.82, 2.24) is 0 Å². The van der Waals surface area contributed by atoms with Gasteiger partial charge in [0.05, 0.1) is 5.97 Å². The fourth-order valence-electron chi connectivity index (χ4n) is 0.473. The Balaban J connectivity index is 0. The fourth-order valence-corrected chi connectivity index (χ4v) is 0.473. The fraction of sp³-hybridized carbons (Fsp3) is 0.286. The first-order valence-electron chi connectivity index (χ1n) is 2.86. The molecule has 0 heterocycles. The van der Waals surface area contributed by atoms with Crippen LogP contribution in [0.15, 0.2) is 24.8 Å². The van der Waals surface area contributed by atoms with Gasteiger partial charge < -0.3 is 15.6 Å². The minimum absolute atomic E-state index is 0. The van der Waals surface area contributed by atoms with Gasteiger partial charge in [-0.1, -0.05) is 12.7 Å². The average Bonchev–Trinajstić information content (AvgIpc) is 1.87. The number of hydrogen-bond donors (Lipinski definition) is 1. The van der Waals surface area contributed by atoms with E-state index >= 15 is 0 Å². The predicted molar refractivity (Wildman–Crippen MR) is 36.9 cm³/mol. The number of nitrogens with two attached hydrogens (primary N) is 1. The molecule has 0 amide bonds. The molecule has 0 bridgehead atoms. The van der Waals surface area contributed by atoms with E-state index in [9.17, 15) is 9.90 Å². The monoisotopic (exact) mass is 163 g/mol. The third-order valence-electron chi connectivity index (χ3n) is 1.13. The van der Waals surface area contributed by atoms with Gasteiger partial charge in [0.15, 0.2) is 0 Å². The number of aliphatic carboxylic acids is 1. The molecule has 0 aliphatic carbocycles. The molecule has 0 radical (unpaired) electrons. The molecule has 1 unspecified atom stereocenters. The van der Waals surface area contributed by atoms with Crippen LogP contribution in [0.4, 0.5) is 0 Å². The zero-order valence-electron chi connectivity index (χ0n) is 6.67. The molecule has 1 atom stereocenters. The maximum absolute atomic E-state index is 10.1. The van der Waals surface area contributed by atoms with Crippen molar-refractivity contribution in [3.8, 4) is 0 Å². The Morgan fingerprint density at radius 1 is 1.73 bits per heavy atom. The molecule has 0 aromatic heterocycles. The zero-order valence-corrected chi connectivity index (χ0v) is 8.67. The maximum atomic E-state index is 10.1. The molecule has 0 aliphatic rings. The number of carbonyl (C=O) groups excluding carboxylic acids is 1. The molecule has 0 spiro atoms. The summed E-state index contributed by atoms with van der Waals surface area (Å²) in [5, 5.41) is 10.1. The quantitative estimate of drug-likeness (QED) is 0.262. The van der Waals surface area contributed by atoms with Gasteiger partial charge >= 0.3 is 29.6 Å². The van der Waals surface area contributed by atoms with Crippen molar-refractivity contribution < 1.29 is 39.5 Å². The van der Waals surface area contributed by atoms with E-state index in [2.05, 4.69) is 13.2 Å². The average molecular weight is 163 g/mol. The molecule has 0 aliphatic heterocycles. The van der Waals surface area contributed by atoms with Crippen molar-refractivity contribution in [3.05, 3.63) is 24.8 Å². The Morgan fingerprint density at radius 2 is 2.18 bits per heavy atom. The van der Waals surface area contributed by atoms with Crippen LogP contribution in [-0.2, 0) is 4.79 Å². The second-order valence-electron chi connectivity index (χ2n) is 1.94. The zero-order chi connectivity index (χ0) is 8.15. The molecule has 11 heavy (non-hydrogen) atoms. The van der Waals surface area contributed by atoms with Crippen molar-refractivity contribution in [2.24, 2.45) is 5.73 Å². The second kappa shape index (κ2) is 6.61. The van der Waals surface area contributed by atoms with Crippen molar-refractivity contribution >= 4 is 5.97 Å². The number of carboxylic acid groups (broad SMARTS) is 1. The molecular weight excluding hydrogens is 153 g/mol. The Bertz CT molecular complexity index is 168. The van der Waals surface area contributed by atoms with E-state index in [1.165, 1.54) is 0 Å². The standard InChI is InChI=1S/C7H11NO2.Na/c1-3-4-6(8)5(2)7(9)10;/h3,6H,1-2,4,8H2,(H,9,10);/q;+1/p-1. The van der Waals surface area contributed by atoms with Gasteiger partial charge in [-0.15, -0.1) is 6.58 Å². The van der Waals surface area contributed by atoms with Crippen molar-refractivity contribution in [2.75, 3.05) is 0 Å². The second-order valence-corrected chi connectivity index (χ2v) is 1.94. The predicted octanol–water partition coefficient (Wildman–Crippen LogP) is -3.80. The molecular formula is C7H10NNaO2. The third-order valence-corrected chi connectivity index (χ3v) is 1.13. The number of hydrogen-bond acceptors (Lipinski definition) is 3. The molecule has 0 fully saturated rings. The minimum Gasteiger partial charge on any atom is -0.545 e. The van der Waals surface area contributed by atoms with Crippen LogP contribution in [0.2, 0.25) is 0 Å². The Labute approximate surface area is 88.3 Å². The van der Waals surface area contributed by atoms with E-state index in [0.717, 1.165) is 0 Å². The van der Waals surface area contributed by atoms with Crippen LogP contribution in [0.3, 0.4) is 0 Å². The summed E-state index contributed by atoms with van der Waals surface area (Å²) >= 11 is 0. The van der Waals surface area contributed by atoms with Crippen LogP contribution in [-0.4, -0.2) is 12.0 Å². The summed E-state index contributed by atoms with van der Waals surface area (Å²) in [7, 11) is 0. The maximum Gasteiger partial charge on any atom is 1.00 e. The van der Waals surface area contributed by atoms with Crippen molar-refractivity contribution in [3.63, 3.8) is 0 Å². The molecule has 0 saturated heterocycles. The van der Waals surface area contributed by atoms with Crippen molar-refractivity contribution in [1.29, 1.82) is 0 Å². The molecule has 0 rings (SSSR count). The van der Waals surface area contributed by atoms with Crippen LogP contribution in [0, 0.1) is 0 Å². The van der Waals surface area contributed by atoms with E-state index in [0.29, 0.717) is 6.42 Å². The normalized spacial score (nSPS) is 11.0. The molecule has 2 N–H and O–H groups in total. The molecule has 3 nitrogen and oxygen atoms in total. The van der Waals surface area contributed by atoms with Crippen LogP contribution in [0.25, 0.3) is 0 Å². The van der Waals surface area contributed by atoms with Gasteiger partial charge in [-0.05, 0) is 12.0 Å². The Hall–Kier alpha value is -0.0900. The summed E-state index contributed by atoms with van der Waals surface area (Å²) in [4.78, 5) is 10.1. The number of carboxylic acids is 1. The van der Waals surface area contributed by atoms with E-state index in [4.69, 9.17) is 5.73 Å². The van der Waals surface area contributed by atoms with Gasteiger partial charge in [0, 0.05) is 6.04 Å². The molecule has 4 heteroatoms. The summed E-state index contributed by atoms with van der Waals surface area (Å²) in [6.45, 7) is 6.65. The Morgan fingerprint density at radius 3 is 2.45 bits per heavy atom. The Kier molecular flexibility index (Phi) is 8.11. The summed E-state index contributed by atoms with van der Waals surface area (Å²) in [6.07, 6.45) is 1.95. The van der Waals surface area contributed by atoms with E-state index in [-0.39, 0.29) is 35.1 Å². The first-order valence-corrected chi connectivity index (χ1v) is 2.86. The summed E-state index contributed by atoms with van der Waals surface area (Å²) in [5.74, 6) is -1.30. The van der Waals surface area contributed by atoms with E-state index in [1.807, 2.05) is 0 Å². The van der Waals surface area contributed by atoms with E-state index in [1.54, 1.807) is 6.08 Å². The molecule has 56 valence electrons. The topological polar surface area (TPSA) is 66.2 Å². The van der Waals surface area contributed by atoms with Gasteiger partial charge in [-0.3, -0.25) is 0 Å². The molecule has 0 aromatic carbocycles. The van der Waals surface area contributed by atoms with Crippen LogP contribution >= 0.6 is 0 Å². The van der Waals surface area contributed by atoms with Crippen molar-refractivity contribution in [2.45, 2.75) is 12.5 Å². The summed E-state index contributed by atoms with van der Waals surface area (Å²) in [5.41, 5.74) is 5.25. The van der Waals surface area contributed by atoms with Gasteiger partial charge in [0.2, 0.25) is 0 Å². The number of carbonyl (C=O) groups is 1. The van der Waals surface area contributed by atoms with Gasteiger partial charge in [0.1, 0.15) is 0 Å². The summed E-state index contributed by atoms with van der Waals surface area (Å²) in [6, 6.07) is -0.567. The van der Waals surface area contributed by atoms with Gasteiger partial charge in [-0.2, -0.15) is 0 Å². The first-order chi connectivity index (χ1) is 4.59. The molecule has 0 saturated carbocycles. The number of rotatable bonds is 4. The van der Waals surface area contributed by atoms with Gasteiger partial charge in [0.25, 0.3) is 0 Å². The smallest absolute Gasteiger partial charge is 0.545 e.